The van der Waals surface area contributed by atoms with Crippen LogP contribution in [-0.2, 0) is 15.7 Å². The van der Waals surface area contributed by atoms with Crippen LogP contribution in [0.1, 0.15) is 36.1 Å². The molecule has 0 atom stereocenters. The zero-order valence-electron chi connectivity index (χ0n) is 17.3. The largest absolute Gasteiger partial charge is 0.497 e. The molecule has 0 saturated heterocycles. The second kappa shape index (κ2) is 9.47. The molecule has 0 aliphatic rings. The van der Waals surface area contributed by atoms with Crippen molar-refractivity contribution in [2.75, 3.05) is 14.2 Å². The van der Waals surface area contributed by atoms with Crippen molar-refractivity contribution in [2.24, 2.45) is 0 Å². The minimum atomic E-state index is -0.759. The fourth-order valence-corrected chi connectivity index (χ4v) is 3.93. The first-order valence-corrected chi connectivity index (χ1v) is 10.8. The van der Waals surface area contributed by atoms with E-state index in [1.807, 2.05) is 24.3 Å². The van der Waals surface area contributed by atoms with Crippen molar-refractivity contribution < 1.29 is 14.2 Å². The molecule has 3 rings (SSSR count). The summed E-state index contributed by atoms with van der Waals surface area (Å²) in [5.74, 6) is 1.63. The minimum absolute atomic E-state index is 0.00632. The highest BCUT2D eigenvalue weighted by atomic mass is 79.9. The summed E-state index contributed by atoms with van der Waals surface area (Å²) in [6.07, 6.45) is 0.00632. The van der Waals surface area contributed by atoms with Crippen molar-refractivity contribution in [3.8, 4) is 11.5 Å². The maximum Gasteiger partial charge on any atom is 0.144 e. The summed E-state index contributed by atoms with van der Waals surface area (Å²) in [4.78, 5) is 0. The van der Waals surface area contributed by atoms with Gasteiger partial charge in [0.1, 0.15) is 17.1 Å². The van der Waals surface area contributed by atoms with Gasteiger partial charge in [0.2, 0.25) is 0 Å². The predicted octanol–water partition coefficient (Wildman–Crippen LogP) is 6.32. The molecule has 3 aromatic rings. The summed E-state index contributed by atoms with van der Waals surface area (Å²) in [5.41, 5.74) is 3.61. The lowest BCUT2D eigenvalue weighted by Gasteiger charge is -2.38. The second-order valence-electron chi connectivity index (χ2n) is 7.14. The molecule has 0 amide bonds. The second-order valence-corrected chi connectivity index (χ2v) is 7.70. The fraction of sp³-hybridized carbons (Fsp3) is 0.280. The quantitative estimate of drug-likeness (QED) is 0.294. The zero-order valence-corrected chi connectivity index (χ0v) is 18.9. The summed E-state index contributed by atoms with van der Waals surface area (Å²) in [6.45, 7) is 4.13. The number of rotatable bonds is 8. The van der Waals surface area contributed by atoms with Gasteiger partial charge in [0.05, 0.1) is 20.3 Å². The number of halogens is 1. The van der Waals surface area contributed by atoms with Crippen LogP contribution < -0.4 is 9.47 Å². The lowest BCUT2D eigenvalue weighted by Crippen LogP contribution is -2.35. The number of benzene rings is 3. The van der Waals surface area contributed by atoms with Crippen molar-refractivity contribution in [1.29, 1.82) is 0 Å². The Balaban J connectivity index is 2.30. The third kappa shape index (κ3) is 4.49. The van der Waals surface area contributed by atoms with Gasteiger partial charge in [0.15, 0.2) is 0 Å². The molecule has 0 unspecified atom stereocenters. The molecule has 0 bridgehead atoms. The third-order valence-corrected chi connectivity index (χ3v) is 5.54. The Morgan fingerprint density at radius 3 is 1.69 bits per heavy atom. The Morgan fingerprint density at radius 2 is 1.28 bits per heavy atom. The standard InChI is InChI=1S/C25H27BrO3/c1-18(2)29-25(20-8-12-23(27-3)13-9-20,21-10-14-24(28-4)15-11-21)22-7-5-6-19(16-22)17-26/h5-16,18H,17H2,1-4H3. The maximum atomic E-state index is 6.75. The van der Waals surface area contributed by atoms with E-state index in [9.17, 15) is 0 Å². The molecule has 0 radical (unpaired) electrons. The van der Waals surface area contributed by atoms with Crippen LogP contribution in [0.2, 0.25) is 0 Å². The van der Waals surface area contributed by atoms with Crippen molar-refractivity contribution in [3.05, 3.63) is 95.1 Å². The van der Waals surface area contributed by atoms with Gasteiger partial charge in [-0.25, -0.2) is 0 Å². The summed E-state index contributed by atoms with van der Waals surface area (Å²) < 4.78 is 17.5. The summed E-state index contributed by atoms with van der Waals surface area (Å²) >= 11 is 3.59. The highest BCUT2D eigenvalue weighted by Gasteiger charge is 2.38. The first-order chi connectivity index (χ1) is 14.0. The van der Waals surface area contributed by atoms with Crippen LogP contribution in [0.3, 0.4) is 0 Å². The van der Waals surface area contributed by atoms with Crippen LogP contribution in [0, 0.1) is 0 Å². The van der Waals surface area contributed by atoms with Gasteiger partial charge in [0.25, 0.3) is 0 Å². The third-order valence-electron chi connectivity index (χ3n) is 4.89. The van der Waals surface area contributed by atoms with E-state index < -0.39 is 5.60 Å². The molecule has 0 aliphatic carbocycles. The lowest BCUT2D eigenvalue weighted by molar-refractivity contribution is -0.0294. The Labute approximate surface area is 181 Å². The van der Waals surface area contributed by atoms with E-state index in [-0.39, 0.29) is 6.10 Å². The van der Waals surface area contributed by atoms with E-state index in [4.69, 9.17) is 14.2 Å². The molecule has 0 fully saturated rings. The topological polar surface area (TPSA) is 27.7 Å². The molecule has 3 aromatic carbocycles. The van der Waals surface area contributed by atoms with Crippen molar-refractivity contribution in [3.63, 3.8) is 0 Å². The van der Waals surface area contributed by atoms with Gasteiger partial charge in [-0.05, 0) is 60.4 Å². The molecule has 0 saturated carbocycles. The Hall–Kier alpha value is -2.30. The van der Waals surface area contributed by atoms with Gasteiger partial charge in [0, 0.05) is 5.33 Å². The van der Waals surface area contributed by atoms with E-state index in [0.717, 1.165) is 33.5 Å². The van der Waals surface area contributed by atoms with Crippen LogP contribution in [-0.4, -0.2) is 20.3 Å². The van der Waals surface area contributed by atoms with Gasteiger partial charge < -0.3 is 14.2 Å². The summed E-state index contributed by atoms with van der Waals surface area (Å²) in [7, 11) is 3.35. The van der Waals surface area contributed by atoms with E-state index in [2.05, 4.69) is 78.3 Å². The Morgan fingerprint density at radius 1 is 0.759 bits per heavy atom. The molecule has 3 nitrogen and oxygen atoms in total. The van der Waals surface area contributed by atoms with Gasteiger partial charge in [-0.2, -0.15) is 0 Å². The first-order valence-electron chi connectivity index (χ1n) is 9.65. The Kier molecular flexibility index (Phi) is 6.99. The molecule has 0 spiro atoms. The van der Waals surface area contributed by atoms with E-state index in [1.54, 1.807) is 14.2 Å². The van der Waals surface area contributed by atoms with E-state index in [1.165, 1.54) is 5.56 Å². The summed E-state index contributed by atoms with van der Waals surface area (Å²) in [6, 6.07) is 24.7. The van der Waals surface area contributed by atoms with Crippen molar-refractivity contribution in [2.45, 2.75) is 30.9 Å². The normalized spacial score (nSPS) is 11.5. The van der Waals surface area contributed by atoms with Crippen molar-refractivity contribution in [1.82, 2.24) is 0 Å². The molecular weight excluding hydrogens is 428 g/mol. The monoisotopic (exact) mass is 454 g/mol. The van der Waals surface area contributed by atoms with E-state index >= 15 is 0 Å². The molecule has 0 N–H and O–H groups in total. The number of ether oxygens (including phenoxy) is 3. The predicted molar refractivity (Wildman–Crippen MR) is 121 cm³/mol. The van der Waals surface area contributed by atoms with Crippen LogP contribution in [0.25, 0.3) is 0 Å². The number of hydrogen-bond acceptors (Lipinski definition) is 3. The SMILES string of the molecule is COc1ccc(C(OC(C)C)(c2ccc(OC)cc2)c2cccc(CBr)c2)cc1. The zero-order chi connectivity index (χ0) is 20.9. The van der Waals surface area contributed by atoms with Crippen LogP contribution in [0.4, 0.5) is 0 Å². The highest BCUT2D eigenvalue weighted by Crippen LogP contribution is 2.42. The molecule has 29 heavy (non-hydrogen) atoms. The molecular formula is C25H27BrO3. The molecule has 152 valence electrons. The average molecular weight is 455 g/mol. The van der Waals surface area contributed by atoms with E-state index in [0.29, 0.717) is 0 Å². The van der Waals surface area contributed by atoms with Gasteiger partial charge in [-0.1, -0.05) is 64.5 Å². The summed E-state index contributed by atoms with van der Waals surface area (Å²) in [5, 5.41) is 0.782. The van der Waals surface area contributed by atoms with Crippen LogP contribution in [0.15, 0.2) is 72.8 Å². The lowest BCUT2D eigenvalue weighted by atomic mass is 9.79. The first kappa shape index (κ1) is 21.4. The highest BCUT2D eigenvalue weighted by molar-refractivity contribution is 9.08. The molecule has 0 aliphatic heterocycles. The number of hydrogen-bond donors (Lipinski definition) is 0. The van der Waals surface area contributed by atoms with Gasteiger partial charge in [-0.15, -0.1) is 0 Å². The van der Waals surface area contributed by atoms with Crippen LogP contribution in [0.5, 0.6) is 11.5 Å². The smallest absolute Gasteiger partial charge is 0.144 e. The molecule has 0 heterocycles. The number of methoxy groups -OCH3 is 2. The van der Waals surface area contributed by atoms with Gasteiger partial charge in [-0.3, -0.25) is 0 Å². The van der Waals surface area contributed by atoms with Crippen molar-refractivity contribution >= 4 is 15.9 Å². The maximum absolute atomic E-state index is 6.75. The fourth-order valence-electron chi connectivity index (χ4n) is 3.58. The van der Waals surface area contributed by atoms with Gasteiger partial charge >= 0.3 is 0 Å². The minimum Gasteiger partial charge on any atom is -0.497 e. The molecule has 4 heteroatoms. The average Bonchev–Trinajstić information content (AvgIpc) is 2.77. The van der Waals surface area contributed by atoms with Crippen LogP contribution >= 0.6 is 15.9 Å². The molecule has 0 aromatic heterocycles. The Bertz CT molecular complexity index is 870. The number of alkyl halides is 1.